The molecular formula is C12H18Cl2N2Sn. The Kier molecular flexibility index (Phi) is 27.1. The van der Waals surface area contributed by atoms with Crippen LogP contribution in [-0.4, -0.2) is 28.9 Å². The number of pyridine rings is 2. The third-order valence-electron chi connectivity index (χ3n) is 1.13. The molecule has 0 saturated carbocycles. The molecule has 0 atom stereocenters. The van der Waals surface area contributed by atoms with E-state index in [9.17, 15) is 0 Å². The van der Waals surface area contributed by atoms with Gasteiger partial charge in [-0.15, -0.1) is 0 Å². The molecular weight excluding hydrogens is 362 g/mol. The van der Waals surface area contributed by atoms with Crippen LogP contribution in [0.15, 0.2) is 61.2 Å². The van der Waals surface area contributed by atoms with Gasteiger partial charge in [0.25, 0.3) is 0 Å². The van der Waals surface area contributed by atoms with E-state index in [0.29, 0.717) is 0 Å². The molecule has 2 radical (unpaired) electrons. The van der Waals surface area contributed by atoms with Crippen LogP contribution >= 0.6 is 17.8 Å². The second-order valence-corrected chi connectivity index (χ2v) is 6.36. The molecule has 17 heavy (non-hydrogen) atoms. The van der Waals surface area contributed by atoms with E-state index in [4.69, 9.17) is 17.8 Å². The molecule has 0 spiro atoms. The predicted molar refractivity (Wildman–Crippen MR) is 79.4 cm³/mol. The van der Waals surface area contributed by atoms with Gasteiger partial charge >= 0.3 is 36.7 Å². The molecule has 0 aliphatic carbocycles. The summed E-state index contributed by atoms with van der Waals surface area (Å²) in [6.07, 6.45) is 7.00. The second kappa shape index (κ2) is 21.0. The van der Waals surface area contributed by atoms with Crippen molar-refractivity contribution in [3.63, 3.8) is 0 Å². The molecule has 5 heteroatoms. The molecule has 0 aliphatic rings. The average Bonchev–Trinajstić information content (AvgIpc) is 2.35. The van der Waals surface area contributed by atoms with Gasteiger partial charge in [0, 0.05) is 24.8 Å². The van der Waals surface area contributed by atoms with E-state index < -0.39 is 18.9 Å². The van der Waals surface area contributed by atoms with Crippen molar-refractivity contribution in [3.05, 3.63) is 61.2 Å². The first-order valence-electron chi connectivity index (χ1n) is 4.08. The van der Waals surface area contributed by atoms with Crippen LogP contribution < -0.4 is 0 Å². The van der Waals surface area contributed by atoms with E-state index in [-0.39, 0.29) is 14.9 Å². The topological polar surface area (TPSA) is 25.8 Å². The van der Waals surface area contributed by atoms with Crippen molar-refractivity contribution in [3.8, 4) is 0 Å². The molecule has 94 valence electrons. The summed E-state index contributed by atoms with van der Waals surface area (Å²) in [4.78, 5) is 7.57. The molecule has 0 fully saturated rings. The van der Waals surface area contributed by atoms with E-state index >= 15 is 0 Å². The number of halogens is 2. The first-order valence-corrected chi connectivity index (χ1v) is 11.3. The maximum atomic E-state index is 4.93. The van der Waals surface area contributed by atoms with Crippen molar-refractivity contribution >= 4 is 36.7 Å². The molecule has 0 bridgehead atoms. The van der Waals surface area contributed by atoms with Gasteiger partial charge in [-0.3, -0.25) is 9.97 Å². The van der Waals surface area contributed by atoms with Gasteiger partial charge in [0.1, 0.15) is 0 Å². The van der Waals surface area contributed by atoms with Crippen LogP contribution in [0.5, 0.6) is 0 Å². The summed E-state index contributed by atoms with van der Waals surface area (Å²) < 4.78 is 0. The SMILES string of the molecule is C.C.[Cl][Sn][Cl].c1ccncc1.c1ccncc1. The first-order chi connectivity index (χ1) is 7.41. The van der Waals surface area contributed by atoms with E-state index in [2.05, 4.69) is 9.97 Å². The van der Waals surface area contributed by atoms with Crippen LogP contribution in [-0.2, 0) is 0 Å². The number of aromatic nitrogens is 2. The molecule has 0 N–H and O–H groups in total. The second-order valence-electron chi connectivity index (χ2n) is 2.12. The Bertz CT molecular complexity index is 211. The number of hydrogen-bond donors (Lipinski definition) is 0. The monoisotopic (exact) mass is 380 g/mol. The van der Waals surface area contributed by atoms with E-state index in [0.717, 1.165) is 0 Å². The van der Waals surface area contributed by atoms with Crippen molar-refractivity contribution in [1.82, 2.24) is 9.97 Å². The van der Waals surface area contributed by atoms with Crippen LogP contribution in [0.1, 0.15) is 14.9 Å². The van der Waals surface area contributed by atoms with Crippen molar-refractivity contribution in [2.45, 2.75) is 14.9 Å². The minimum absolute atomic E-state index is 0. The Morgan fingerprint density at radius 1 is 0.588 bits per heavy atom. The van der Waals surface area contributed by atoms with E-state index in [1.807, 2.05) is 36.4 Å². The smallest absolute Gasteiger partial charge is 0.0267 e. The molecule has 0 unspecified atom stereocenters. The maximum Gasteiger partial charge on any atom is 0.0267 e. The van der Waals surface area contributed by atoms with Gasteiger partial charge < -0.3 is 0 Å². The minimum atomic E-state index is -0.826. The van der Waals surface area contributed by atoms with Crippen molar-refractivity contribution in [2.24, 2.45) is 0 Å². The number of rotatable bonds is 0. The maximum absolute atomic E-state index is 4.93. The molecule has 2 aromatic rings. The van der Waals surface area contributed by atoms with Crippen LogP contribution in [0.25, 0.3) is 0 Å². The molecule has 2 rings (SSSR count). The van der Waals surface area contributed by atoms with E-state index in [1.165, 1.54) is 0 Å². The summed E-state index contributed by atoms with van der Waals surface area (Å²) in [6.45, 7) is 0. The fourth-order valence-corrected chi connectivity index (χ4v) is 0.625. The summed E-state index contributed by atoms with van der Waals surface area (Å²) in [7, 11) is 9.87. The van der Waals surface area contributed by atoms with Crippen LogP contribution in [0.3, 0.4) is 0 Å². The van der Waals surface area contributed by atoms with Crippen LogP contribution in [0.4, 0.5) is 0 Å². The van der Waals surface area contributed by atoms with Gasteiger partial charge in [-0.25, -0.2) is 0 Å². The van der Waals surface area contributed by atoms with Gasteiger partial charge in [-0.2, -0.15) is 0 Å². The van der Waals surface area contributed by atoms with Crippen molar-refractivity contribution in [1.29, 1.82) is 0 Å². The van der Waals surface area contributed by atoms with Gasteiger partial charge in [-0.1, -0.05) is 27.0 Å². The first kappa shape index (κ1) is 21.9. The zero-order valence-electron chi connectivity index (χ0n) is 7.92. The summed E-state index contributed by atoms with van der Waals surface area (Å²) in [5, 5.41) is 0. The summed E-state index contributed by atoms with van der Waals surface area (Å²) in [5.74, 6) is 0. The normalized spacial score (nSPS) is 6.71. The molecule has 2 aromatic heterocycles. The Balaban J connectivity index is -0.000000173. The molecule has 2 nitrogen and oxygen atoms in total. The van der Waals surface area contributed by atoms with Gasteiger partial charge in [0.2, 0.25) is 0 Å². The zero-order chi connectivity index (χ0) is 11.2. The molecule has 0 aromatic carbocycles. The molecule has 0 saturated heterocycles. The third-order valence-corrected chi connectivity index (χ3v) is 1.13. The Morgan fingerprint density at radius 2 is 0.824 bits per heavy atom. The molecule has 0 amide bonds. The van der Waals surface area contributed by atoms with Crippen LogP contribution in [0, 0.1) is 0 Å². The van der Waals surface area contributed by atoms with Gasteiger partial charge in [-0.05, 0) is 24.3 Å². The Morgan fingerprint density at radius 3 is 0.882 bits per heavy atom. The van der Waals surface area contributed by atoms with Gasteiger partial charge in [0.15, 0.2) is 0 Å². The largest absolute Gasteiger partial charge is 0.265 e. The molecule has 2 heterocycles. The molecule has 0 aliphatic heterocycles. The number of nitrogens with zero attached hydrogens (tertiary/aromatic N) is 2. The van der Waals surface area contributed by atoms with Crippen LogP contribution in [0.2, 0.25) is 0 Å². The fourth-order valence-electron chi connectivity index (χ4n) is 0.625. The third kappa shape index (κ3) is 21.5. The van der Waals surface area contributed by atoms with Crippen molar-refractivity contribution < 1.29 is 0 Å². The summed E-state index contributed by atoms with van der Waals surface area (Å²) in [6, 6.07) is 11.4. The Hall–Kier alpha value is -0.321. The standard InChI is InChI=1S/2C5H5N.2CH4.2ClH.Sn/c2*1-2-4-6-5-3-1;;;;;/h2*1-5H;2*1H4;2*1H;/q;;;;;;+2/p-2. The fraction of sp³-hybridized carbons (Fsp3) is 0.167. The summed E-state index contributed by atoms with van der Waals surface area (Å²) in [5.41, 5.74) is 0. The minimum Gasteiger partial charge on any atom is -0.265 e. The number of hydrogen-bond acceptors (Lipinski definition) is 2. The zero-order valence-corrected chi connectivity index (χ0v) is 12.3. The Labute approximate surface area is 122 Å². The van der Waals surface area contributed by atoms with Gasteiger partial charge in [0.05, 0.1) is 0 Å². The average molecular weight is 380 g/mol. The summed E-state index contributed by atoms with van der Waals surface area (Å²) >= 11 is -0.826. The van der Waals surface area contributed by atoms with E-state index in [1.54, 1.807) is 24.8 Å². The van der Waals surface area contributed by atoms with Crippen molar-refractivity contribution in [2.75, 3.05) is 0 Å². The quantitative estimate of drug-likeness (QED) is 0.633. The predicted octanol–water partition coefficient (Wildman–Crippen LogP) is 4.43.